The van der Waals surface area contributed by atoms with Gasteiger partial charge in [0.15, 0.2) is 11.5 Å². The fourth-order valence-corrected chi connectivity index (χ4v) is 3.48. The number of methoxy groups -OCH3 is 2. The van der Waals surface area contributed by atoms with Gasteiger partial charge in [0.05, 0.1) is 19.2 Å². The summed E-state index contributed by atoms with van der Waals surface area (Å²) < 4.78 is 10.6. The van der Waals surface area contributed by atoms with Crippen LogP contribution in [0.2, 0.25) is 5.02 Å². The third-order valence-electron chi connectivity index (χ3n) is 4.83. The molecule has 21 heavy (non-hydrogen) atoms. The van der Waals surface area contributed by atoms with Crippen molar-refractivity contribution in [1.82, 2.24) is 5.32 Å². The fraction of sp³-hybridized carbons (Fsp3) is 0.647. The molecule has 0 aromatic heterocycles. The van der Waals surface area contributed by atoms with Crippen molar-refractivity contribution in [3.8, 4) is 11.5 Å². The maximum atomic E-state index is 6.43. The second kappa shape index (κ2) is 7.37. The minimum Gasteiger partial charge on any atom is -0.493 e. The molecule has 3 unspecified atom stereocenters. The lowest BCUT2D eigenvalue weighted by Crippen LogP contribution is -2.40. The van der Waals surface area contributed by atoms with Crippen molar-refractivity contribution in [1.29, 1.82) is 0 Å². The van der Waals surface area contributed by atoms with Gasteiger partial charge in [-0.05, 0) is 29.9 Å². The van der Waals surface area contributed by atoms with Crippen molar-refractivity contribution in [3.63, 3.8) is 0 Å². The monoisotopic (exact) mass is 311 g/mol. The van der Waals surface area contributed by atoms with Crippen LogP contribution in [0, 0.1) is 11.8 Å². The van der Waals surface area contributed by atoms with Crippen LogP contribution in [0.5, 0.6) is 11.5 Å². The minimum absolute atomic E-state index is 0.568. The first-order valence-corrected chi connectivity index (χ1v) is 8.09. The van der Waals surface area contributed by atoms with Crippen molar-refractivity contribution in [2.24, 2.45) is 11.8 Å². The van der Waals surface area contributed by atoms with E-state index in [9.17, 15) is 0 Å². The molecule has 4 heteroatoms. The van der Waals surface area contributed by atoms with E-state index in [1.807, 2.05) is 12.1 Å². The largest absolute Gasteiger partial charge is 0.493 e. The summed E-state index contributed by atoms with van der Waals surface area (Å²) in [6.07, 6.45) is 3.90. The molecule has 1 N–H and O–H groups in total. The summed E-state index contributed by atoms with van der Waals surface area (Å²) >= 11 is 6.43. The van der Waals surface area contributed by atoms with E-state index < -0.39 is 0 Å². The van der Waals surface area contributed by atoms with E-state index in [2.05, 4.69) is 19.2 Å². The van der Waals surface area contributed by atoms with Gasteiger partial charge < -0.3 is 14.8 Å². The van der Waals surface area contributed by atoms with Gasteiger partial charge in [-0.3, -0.25) is 0 Å². The van der Waals surface area contributed by atoms with Gasteiger partial charge in [0.1, 0.15) is 0 Å². The molecule has 2 rings (SSSR count). The van der Waals surface area contributed by atoms with Gasteiger partial charge in [-0.25, -0.2) is 0 Å². The van der Waals surface area contributed by atoms with Crippen LogP contribution in [-0.4, -0.2) is 20.3 Å². The number of hydrogen-bond donors (Lipinski definition) is 1. The number of ether oxygens (including phenoxy) is 2. The molecule has 0 aliphatic heterocycles. The highest BCUT2D eigenvalue weighted by Gasteiger charge is 2.26. The molecule has 0 bridgehead atoms. The summed E-state index contributed by atoms with van der Waals surface area (Å²) in [5.41, 5.74) is 1.06. The second-order valence-corrected chi connectivity index (χ2v) is 6.41. The molecule has 3 atom stereocenters. The van der Waals surface area contributed by atoms with Crippen LogP contribution in [0.25, 0.3) is 0 Å². The normalized spacial score (nSPS) is 25.7. The first kappa shape index (κ1) is 16.4. The van der Waals surface area contributed by atoms with Crippen molar-refractivity contribution in [2.45, 2.75) is 45.7 Å². The van der Waals surface area contributed by atoms with E-state index in [1.165, 1.54) is 19.3 Å². The Labute approximate surface area is 133 Å². The molecule has 3 nitrogen and oxygen atoms in total. The fourth-order valence-electron chi connectivity index (χ4n) is 3.18. The maximum Gasteiger partial charge on any atom is 0.179 e. The first-order chi connectivity index (χ1) is 10.1. The Balaban J connectivity index is 2.06. The molecule has 1 aromatic carbocycles. The van der Waals surface area contributed by atoms with Gasteiger partial charge in [-0.2, -0.15) is 0 Å². The lowest BCUT2D eigenvalue weighted by Gasteiger charge is -2.35. The zero-order valence-corrected chi connectivity index (χ0v) is 14.2. The molecule has 1 fully saturated rings. The first-order valence-electron chi connectivity index (χ1n) is 7.71. The third-order valence-corrected chi connectivity index (χ3v) is 5.24. The van der Waals surface area contributed by atoms with Crippen LogP contribution >= 0.6 is 11.6 Å². The van der Waals surface area contributed by atoms with Gasteiger partial charge in [0, 0.05) is 12.6 Å². The molecule has 118 valence electrons. The summed E-state index contributed by atoms with van der Waals surface area (Å²) in [5, 5.41) is 4.31. The molecule has 0 amide bonds. The molecule has 0 saturated heterocycles. The number of nitrogens with one attached hydrogen (secondary N) is 1. The van der Waals surface area contributed by atoms with Crippen LogP contribution in [-0.2, 0) is 6.54 Å². The Morgan fingerprint density at radius 3 is 2.62 bits per heavy atom. The van der Waals surface area contributed by atoms with E-state index in [0.29, 0.717) is 28.5 Å². The summed E-state index contributed by atoms with van der Waals surface area (Å²) in [6, 6.07) is 4.49. The molecule has 0 heterocycles. The van der Waals surface area contributed by atoms with E-state index in [0.717, 1.165) is 18.0 Å². The van der Waals surface area contributed by atoms with Gasteiger partial charge in [0.25, 0.3) is 0 Å². The average Bonchev–Trinajstić information content (AvgIpc) is 2.49. The molecule has 1 aliphatic carbocycles. The van der Waals surface area contributed by atoms with Crippen molar-refractivity contribution in [3.05, 3.63) is 22.7 Å². The Bertz CT molecular complexity index is 478. The van der Waals surface area contributed by atoms with Gasteiger partial charge >= 0.3 is 0 Å². The molecular formula is C17H26ClNO2. The highest BCUT2D eigenvalue weighted by molar-refractivity contribution is 6.33. The lowest BCUT2D eigenvalue weighted by atomic mass is 9.78. The molecule has 0 radical (unpaired) electrons. The maximum absolute atomic E-state index is 6.43. The Kier molecular flexibility index (Phi) is 5.77. The smallest absolute Gasteiger partial charge is 0.179 e. The summed E-state index contributed by atoms with van der Waals surface area (Å²) in [6.45, 7) is 5.46. The van der Waals surface area contributed by atoms with E-state index >= 15 is 0 Å². The van der Waals surface area contributed by atoms with Gasteiger partial charge in [-0.1, -0.05) is 44.4 Å². The molecular weight excluding hydrogens is 286 g/mol. The Hall–Kier alpha value is -0.930. The number of benzene rings is 1. The third kappa shape index (κ3) is 3.64. The zero-order chi connectivity index (χ0) is 15.4. The van der Waals surface area contributed by atoms with Crippen LogP contribution < -0.4 is 14.8 Å². The van der Waals surface area contributed by atoms with Crippen molar-refractivity contribution in [2.75, 3.05) is 14.2 Å². The Morgan fingerprint density at radius 2 is 1.95 bits per heavy atom. The predicted molar refractivity (Wildman–Crippen MR) is 87.4 cm³/mol. The summed E-state index contributed by atoms with van der Waals surface area (Å²) in [4.78, 5) is 0. The number of hydrogen-bond acceptors (Lipinski definition) is 3. The standard InChI is InChI=1S/C17H26ClNO2/c1-11-6-5-7-14(12(11)2)19-10-13-8-9-15(20-3)17(21-4)16(13)18/h8-9,11-12,14,19H,5-7,10H2,1-4H3. The van der Waals surface area contributed by atoms with Crippen LogP contribution in [0.1, 0.15) is 38.7 Å². The highest BCUT2D eigenvalue weighted by atomic mass is 35.5. The highest BCUT2D eigenvalue weighted by Crippen LogP contribution is 2.37. The lowest BCUT2D eigenvalue weighted by molar-refractivity contribution is 0.206. The molecule has 1 aromatic rings. The van der Waals surface area contributed by atoms with Crippen LogP contribution in [0.4, 0.5) is 0 Å². The quantitative estimate of drug-likeness (QED) is 0.881. The molecule has 0 spiro atoms. The van der Waals surface area contributed by atoms with E-state index in [4.69, 9.17) is 21.1 Å². The summed E-state index contributed by atoms with van der Waals surface area (Å²) in [5.74, 6) is 2.78. The Morgan fingerprint density at radius 1 is 1.19 bits per heavy atom. The minimum atomic E-state index is 0.568. The van der Waals surface area contributed by atoms with Crippen LogP contribution in [0.3, 0.4) is 0 Å². The van der Waals surface area contributed by atoms with Gasteiger partial charge in [-0.15, -0.1) is 0 Å². The van der Waals surface area contributed by atoms with E-state index in [-0.39, 0.29) is 0 Å². The van der Waals surface area contributed by atoms with E-state index in [1.54, 1.807) is 14.2 Å². The van der Waals surface area contributed by atoms with Gasteiger partial charge in [0.2, 0.25) is 0 Å². The molecule has 1 saturated carbocycles. The predicted octanol–water partition coefficient (Wildman–Crippen LogP) is 4.27. The topological polar surface area (TPSA) is 30.5 Å². The summed E-state index contributed by atoms with van der Waals surface area (Å²) in [7, 11) is 3.24. The number of halogens is 1. The van der Waals surface area contributed by atoms with Crippen molar-refractivity contribution < 1.29 is 9.47 Å². The molecule has 1 aliphatic rings. The SMILES string of the molecule is COc1ccc(CNC2CCCC(C)C2C)c(Cl)c1OC. The average molecular weight is 312 g/mol. The second-order valence-electron chi connectivity index (χ2n) is 6.03. The van der Waals surface area contributed by atoms with Crippen LogP contribution in [0.15, 0.2) is 12.1 Å². The number of rotatable bonds is 5. The van der Waals surface area contributed by atoms with Crippen molar-refractivity contribution >= 4 is 11.6 Å². The zero-order valence-electron chi connectivity index (χ0n) is 13.4.